The molecule has 0 spiro atoms. The lowest BCUT2D eigenvalue weighted by molar-refractivity contribution is -0.150. The minimum absolute atomic E-state index is 0.000995. The Morgan fingerprint density at radius 1 is 1.54 bits per heavy atom. The van der Waals surface area contributed by atoms with E-state index in [1.165, 1.54) is 0 Å². The highest BCUT2D eigenvalue weighted by molar-refractivity contribution is 5.82. The van der Waals surface area contributed by atoms with Gasteiger partial charge in [-0.25, -0.2) is 0 Å². The van der Waals surface area contributed by atoms with Gasteiger partial charge in [-0.2, -0.15) is 0 Å². The Morgan fingerprint density at radius 3 is 2.38 bits per heavy atom. The van der Waals surface area contributed by atoms with E-state index in [2.05, 4.69) is 20.4 Å². The lowest BCUT2D eigenvalue weighted by Crippen LogP contribution is -2.21. The number of carbonyl (C=O) groups excluding carboxylic acids is 1. The van der Waals surface area contributed by atoms with Crippen molar-refractivity contribution in [2.75, 3.05) is 6.61 Å². The van der Waals surface area contributed by atoms with E-state index in [-0.39, 0.29) is 22.7 Å². The first-order valence-corrected chi connectivity index (χ1v) is 4.72. The highest BCUT2D eigenvalue weighted by Crippen LogP contribution is 2.69. The van der Waals surface area contributed by atoms with E-state index in [0.717, 1.165) is 0 Å². The average Bonchev–Trinajstić information content (AvgIpc) is 2.48. The fourth-order valence-electron chi connectivity index (χ4n) is 2.23. The topological polar surface area (TPSA) is 26.3 Å². The molecule has 2 heteroatoms. The van der Waals surface area contributed by atoms with Crippen LogP contribution in [0.4, 0.5) is 0 Å². The van der Waals surface area contributed by atoms with Crippen LogP contribution >= 0.6 is 0 Å². The van der Waals surface area contributed by atoms with Crippen molar-refractivity contribution in [1.82, 2.24) is 0 Å². The molecule has 2 nitrogen and oxygen atoms in total. The first-order valence-electron chi connectivity index (χ1n) is 4.72. The zero-order valence-corrected chi connectivity index (χ0v) is 8.89. The summed E-state index contributed by atoms with van der Waals surface area (Å²) < 4.78 is 5.05. The van der Waals surface area contributed by atoms with E-state index in [4.69, 9.17) is 4.74 Å². The van der Waals surface area contributed by atoms with Crippen LogP contribution < -0.4 is 0 Å². The molecule has 0 bridgehead atoms. The van der Waals surface area contributed by atoms with E-state index in [1.54, 1.807) is 0 Å². The van der Waals surface area contributed by atoms with Gasteiger partial charge in [0, 0.05) is 0 Å². The number of rotatable bonds is 3. The molecule has 0 heterocycles. The van der Waals surface area contributed by atoms with E-state index < -0.39 is 0 Å². The minimum Gasteiger partial charge on any atom is -0.466 e. The van der Waals surface area contributed by atoms with Crippen LogP contribution in [0.25, 0.3) is 0 Å². The number of carbonyl (C=O) groups is 1. The van der Waals surface area contributed by atoms with Gasteiger partial charge in [0.2, 0.25) is 0 Å². The molecular formula is C11H18O2. The van der Waals surface area contributed by atoms with Crippen molar-refractivity contribution in [2.24, 2.45) is 16.7 Å². The molecule has 0 radical (unpaired) electrons. The maximum atomic E-state index is 11.6. The second-order valence-corrected chi connectivity index (χ2v) is 4.36. The summed E-state index contributed by atoms with van der Waals surface area (Å²) in [6.07, 6.45) is 1.86. The maximum absolute atomic E-state index is 11.6. The highest BCUT2D eigenvalue weighted by atomic mass is 16.5. The number of hydrogen-bond acceptors (Lipinski definition) is 2. The number of allylic oxidation sites excluding steroid dienone is 1. The molecule has 74 valence electrons. The first-order chi connectivity index (χ1) is 5.92. The second kappa shape index (κ2) is 2.86. The van der Waals surface area contributed by atoms with Gasteiger partial charge in [-0.3, -0.25) is 4.79 Å². The number of esters is 1. The molecule has 0 saturated heterocycles. The van der Waals surface area contributed by atoms with E-state index in [1.807, 2.05) is 19.9 Å². The van der Waals surface area contributed by atoms with Crippen LogP contribution in [-0.2, 0) is 9.53 Å². The van der Waals surface area contributed by atoms with E-state index >= 15 is 0 Å². The molecule has 0 aliphatic heterocycles. The molecule has 1 aliphatic carbocycles. The highest BCUT2D eigenvalue weighted by Gasteiger charge is 2.71. The zero-order chi connectivity index (χ0) is 10.3. The molecule has 0 aromatic carbocycles. The molecule has 0 aromatic rings. The largest absolute Gasteiger partial charge is 0.466 e. The Bertz CT molecular complexity index is 242. The minimum atomic E-state index is -0.356. The van der Waals surface area contributed by atoms with Gasteiger partial charge < -0.3 is 4.74 Å². The smallest absolute Gasteiger partial charge is 0.312 e. The summed E-state index contributed by atoms with van der Waals surface area (Å²) in [4.78, 5) is 11.6. The monoisotopic (exact) mass is 182 g/mol. The molecule has 1 fully saturated rings. The molecule has 13 heavy (non-hydrogen) atoms. The molecule has 0 N–H and O–H groups in total. The zero-order valence-electron chi connectivity index (χ0n) is 8.89. The van der Waals surface area contributed by atoms with Gasteiger partial charge in [-0.05, 0) is 25.2 Å². The van der Waals surface area contributed by atoms with Crippen molar-refractivity contribution in [3.8, 4) is 0 Å². The van der Waals surface area contributed by atoms with E-state index in [0.29, 0.717) is 6.61 Å². The van der Waals surface area contributed by atoms with Crippen LogP contribution in [0, 0.1) is 16.7 Å². The molecule has 0 aromatic heterocycles. The lowest BCUT2D eigenvalue weighted by Gasteiger charge is -2.12. The quantitative estimate of drug-likeness (QED) is 0.495. The second-order valence-electron chi connectivity index (χ2n) is 4.36. The van der Waals surface area contributed by atoms with Crippen molar-refractivity contribution in [2.45, 2.75) is 27.7 Å². The van der Waals surface area contributed by atoms with Gasteiger partial charge in [0.05, 0.1) is 12.0 Å². The summed E-state index contributed by atoms with van der Waals surface area (Å²) in [6.45, 7) is 12.1. The molecular weight excluding hydrogens is 164 g/mol. The van der Waals surface area contributed by atoms with Crippen molar-refractivity contribution in [1.29, 1.82) is 0 Å². The summed E-state index contributed by atoms with van der Waals surface area (Å²) >= 11 is 0. The van der Waals surface area contributed by atoms with Crippen molar-refractivity contribution >= 4 is 5.97 Å². The summed E-state index contributed by atoms with van der Waals surface area (Å²) in [5.74, 6) is 0.156. The SMILES string of the molecule is C=CC1C(C)(C)C1(C)C(=O)OCC. The predicted octanol–water partition coefficient (Wildman–Crippen LogP) is 2.40. The molecule has 1 aliphatic rings. The molecule has 1 saturated carbocycles. The number of hydrogen-bond donors (Lipinski definition) is 0. The molecule has 1 rings (SSSR count). The van der Waals surface area contributed by atoms with Gasteiger partial charge in [-0.1, -0.05) is 19.9 Å². The van der Waals surface area contributed by atoms with Crippen LogP contribution in [0.15, 0.2) is 12.7 Å². The van der Waals surface area contributed by atoms with Crippen LogP contribution in [0.5, 0.6) is 0 Å². The number of ether oxygens (including phenoxy) is 1. The van der Waals surface area contributed by atoms with Gasteiger partial charge in [0.1, 0.15) is 0 Å². The third-order valence-electron chi connectivity index (χ3n) is 3.59. The molecule has 0 amide bonds. The van der Waals surface area contributed by atoms with Crippen molar-refractivity contribution in [3.63, 3.8) is 0 Å². The normalized spacial score (nSPS) is 35.2. The van der Waals surface area contributed by atoms with Gasteiger partial charge in [0.25, 0.3) is 0 Å². The standard InChI is InChI=1S/C11H18O2/c1-6-8-10(3,4)11(8,5)9(12)13-7-2/h6,8H,1,7H2,2-5H3. The lowest BCUT2D eigenvalue weighted by atomic mass is 9.99. The van der Waals surface area contributed by atoms with Crippen LogP contribution in [0.1, 0.15) is 27.7 Å². The maximum Gasteiger partial charge on any atom is 0.312 e. The Morgan fingerprint density at radius 2 is 2.08 bits per heavy atom. The van der Waals surface area contributed by atoms with Gasteiger partial charge in [-0.15, -0.1) is 6.58 Å². The third kappa shape index (κ3) is 1.11. The Hall–Kier alpha value is -0.790. The molecule has 2 atom stereocenters. The Balaban J connectivity index is 2.80. The first kappa shape index (κ1) is 10.3. The van der Waals surface area contributed by atoms with Crippen molar-refractivity contribution in [3.05, 3.63) is 12.7 Å². The van der Waals surface area contributed by atoms with Crippen LogP contribution in [-0.4, -0.2) is 12.6 Å². The molecule has 2 unspecified atom stereocenters. The van der Waals surface area contributed by atoms with Gasteiger partial charge in [0.15, 0.2) is 0 Å². The average molecular weight is 182 g/mol. The fraction of sp³-hybridized carbons (Fsp3) is 0.727. The van der Waals surface area contributed by atoms with Crippen molar-refractivity contribution < 1.29 is 9.53 Å². The summed E-state index contributed by atoms with van der Waals surface area (Å²) in [5, 5.41) is 0. The van der Waals surface area contributed by atoms with Crippen LogP contribution in [0.2, 0.25) is 0 Å². The summed E-state index contributed by atoms with van der Waals surface area (Å²) in [6, 6.07) is 0. The fourth-order valence-corrected chi connectivity index (χ4v) is 2.23. The van der Waals surface area contributed by atoms with Crippen LogP contribution in [0.3, 0.4) is 0 Å². The third-order valence-corrected chi connectivity index (χ3v) is 3.59. The van der Waals surface area contributed by atoms with E-state index in [9.17, 15) is 4.79 Å². The Kier molecular flexibility index (Phi) is 2.27. The summed E-state index contributed by atoms with van der Waals surface area (Å²) in [5.41, 5.74) is -0.355. The summed E-state index contributed by atoms with van der Waals surface area (Å²) in [7, 11) is 0. The Labute approximate surface area is 80.0 Å². The van der Waals surface area contributed by atoms with Gasteiger partial charge >= 0.3 is 5.97 Å². The predicted molar refractivity (Wildman–Crippen MR) is 52.2 cm³/mol.